The van der Waals surface area contributed by atoms with Crippen molar-refractivity contribution in [3.8, 4) is 0 Å². The molecule has 0 aliphatic carbocycles. The van der Waals surface area contributed by atoms with Gasteiger partial charge in [-0.1, -0.05) is 61.9 Å². The summed E-state index contributed by atoms with van der Waals surface area (Å²) in [5, 5.41) is 18.2. The van der Waals surface area contributed by atoms with Gasteiger partial charge in [-0.05, 0) is 44.9 Å². The third-order valence-electron chi connectivity index (χ3n) is 3.11. The highest BCUT2D eigenvalue weighted by molar-refractivity contribution is 5.66. The molecule has 0 bridgehead atoms. The molecule has 23 heavy (non-hydrogen) atoms. The first kappa shape index (κ1) is 17.7. The van der Waals surface area contributed by atoms with Gasteiger partial charge in [0.05, 0.1) is 8.85 Å². The van der Waals surface area contributed by atoms with Crippen LogP contribution in [0.2, 0.25) is 0 Å². The number of rotatable bonds is 14. The average molecular weight is 324 g/mol. The smallest absolute Gasteiger partial charge is 0.303 e. The lowest BCUT2D eigenvalue weighted by Gasteiger charge is -2.03. The number of carboxylic acid groups (broad SMARTS) is 1. The Bertz CT molecular complexity index is 479. The molecular weight excluding hydrogens is 288 g/mol. The topological polar surface area (TPSA) is 57.5 Å². The molecule has 1 atom stereocenters. The minimum atomic E-state index is -0.750. The molecule has 3 heteroatoms. The van der Waals surface area contributed by atoms with Crippen molar-refractivity contribution in [3.63, 3.8) is 0 Å². The summed E-state index contributed by atoms with van der Waals surface area (Å²) in [6.45, 7) is 1.99. The molecule has 0 radical (unpaired) electrons. The van der Waals surface area contributed by atoms with Crippen LogP contribution in [0.1, 0.15) is 67.5 Å². The second-order valence-corrected chi connectivity index (χ2v) is 5.38. The summed E-state index contributed by atoms with van der Waals surface area (Å²) in [5.41, 5.74) is 0. The maximum atomic E-state index is 10.3. The highest BCUT2D eigenvalue weighted by Gasteiger charge is 1.97. The summed E-state index contributed by atoms with van der Waals surface area (Å²) in [6.07, 6.45) is 17.0. The summed E-state index contributed by atoms with van der Waals surface area (Å²) in [4.78, 5) is 10.3. The van der Waals surface area contributed by atoms with Gasteiger partial charge in [0.2, 0.25) is 0 Å². The van der Waals surface area contributed by atoms with E-state index in [1.54, 1.807) is 0 Å². The van der Waals surface area contributed by atoms with E-state index in [4.69, 9.17) is 7.85 Å². The van der Waals surface area contributed by atoms with Gasteiger partial charge in [-0.25, -0.2) is 0 Å². The molecule has 3 nitrogen and oxygen atoms in total. The second kappa shape index (κ2) is 16.8. The van der Waals surface area contributed by atoms with E-state index in [9.17, 15) is 9.90 Å². The summed E-state index contributed by atoms with van der Waals surface area (Å²) in [6, 6.07) is 0.480. The number of allylic oxidation sites excluding steroid dienone is 7. The van der Waals surface area contributed by atoms with Crippen LogP contribution in [0.3, 0.4) is 0 Å². The first-order valence-corrected chi connectivity index (χ1v) is 8.47. The molecule has 0 aromatic rings. The van der Waals surface area contributed by atoms with E-state index in [0.717, 1.165) is 25.7 Å². The van der Waals surface area contributed by atoms with Crippen molar-refractivity contribution in [1.29, 1.82) is 0 Å². The first-order chi connectivity index (χ1) is 12.0. The summed E-state index contributed by atoms with van der Waals surface area (Å²) >= 11 is 0. The van der Waals surface area contributed by atoms with Crippen LogP contribution >= 0.6 is 0 Å². The van der Waals surface area contributed by atoms with Gasteiger partial charge in [0.1, 0.15) is 0 Å². The Kier molecular flexibility index (Phi) is 12.9. The predicted molar refractivity (Wildman–Crippen MR) is 97.4 cm³/mol. The molecule has 0 amide bonds. The zero-order chi connectivity index (χ0) is 18.9. The zero-order valence-electron chi connectivity index (χ0n) is 16.2. The summed E-state index contributed by atoms with van der Waals surface area (Å²) < 4.78 is 15.6. The van der Waals surface area contributed by atoms with Crippen LogP contribution in [-0.4, -0.2) is 22.3 Å². The minimum absolute atomic E-state index is 0.217. The zero-order valence-corrected chi connectivity index (χ0v) is 14.2. The fraction of sp³-hybridized carbons (Fsp3) is 0.550. The molecular formula is C20H32O3. The first-order valence-electron chi connectivity index (χ1n) is 9.47. The van der Waals surface area contributed by atoms with Gasteiger partial charge in [0.25, 0.3) is 0 Å². The molecule has 0 aliphatic rings. The number of aliphatic carboxylic acids is 1. The van der Waals surface area contributed by atoms with Crippen molar-refractivity contribution in [3.05, 3.63) is 48.6 Å². The van der Waals surface area contributed by atoms with Crippen LogP contribution in [0.25, 0.3) is 0 Å². The number of aliphatic hydroxyl groups excluding tert-OH is 1. The van der Waals surface area contributed by atoms with Crippen LogP contribution in [0.5, 0.6) is 0 Å². The van der Waals surface area contributed by atoms with E-state index in [-0.39, 0.29) is 24.9 Å². The van der Waals surface area contributed by atoms with Crippen LogP contribution in [0.15, 0.2) is 48.6 Å². The number of carbonyl (C=O) groups is 1. The molecule has 0 aromatic heterocycles. The van der Waals surface area contributed by atoms with Gasteiger partial charge in [-0.15, -0.1) is 0 Å². The molecule has 0 aliphatic heterocycles. The molecule has 130 valence electrons. The Morgan fingerprint density at radius 2 is 1.65 bits per heavy atom. The molecule has 0 aromatic carbocycles. The van der Waals surface area contributed by atoms with Gasteiger partial charge < -0.3 is 10.2 Å². The van der Waals surface area contributed by atoms with E-state index in [1.165, 1.54) is 0 Å². The molecule has 0 saturated carbocycles. The summed E-state index contributed by atoms with van der Waals surface area (Å²) in [7, 11) is 0. The third kappa shape index (κ3) is 18.3. The van der Waals surface area contributed by atoms with Gasteiger partial charge in [-0.3, -0.25) is 4.79 Å². The highest BCUT2D eigenvalue weighted by atomic mass is 16.4. The van der Waals surface area contributed by atoms with E-state index in [2.05, 4.69) is 0 Å². The second-order valence-electron chi connectivity index (χ2n) is 5.38. The number of carboxylic acids is 1. The van der Waals surface area contributed by atoms with Crippen molar-refractivity contribution in [2.24, 2.45) is 0 Å². The normalized spacial score (nSPS) is 15.9. The van der Waals surface area contributed by atoms with Crippen molar-refractivity contribution in [2.75, 3.05) is 0 Å². The third-order valence-corrected chi connectivity index (χ3v) is 3.11. The Balaban J connectivity index is 3.86. The fourth-order valence-corrected chi connectivity index (χ4v) is 1.87. The van der Waals surface area contributed by atoms with Crippen molar-refractivity contribution < 1.29 is 17.7 Å². The van der Waals surface area contributed by atoms with Gasteiger partial charge in [-0.2, -0.15) is 0 Å². The van der Waals surface area contributed by atoms with Crippen molar-refractivity contribution in [2.45, 2.75) is 70.8 Å². The molecule has 0 spiro atoms. The Morgan fingerprint density at radius 1 is 1.04 bits per heavy atom. The van der Waals surface area contributed by atoms with Gasteiger partial charge >= 0.3 is 5.97 Å². The molecule has 0 rings (SSSR count). The average Bonchev–Trinajstić information content (AvgIpc) is 2.55. The monoisotopic (exact) mass is 324 g/mol. The largest absolute Gasteiger partial charge is 0.481 e. The quantitative estimate of drug-likeness (QED) is 0.341. The van der Waals surface area contributed by atoms with E-state index < -0.39 is 12.1 Å². The number of unbranched alkanes of at least 4 members (excludes halogenated alkanes) is 1. The van der Waals surface area contributed by atoms with Crippen LogP contribution in [0, 0.1) is 0 Å². The van der Waals surface area contributed by atoms with Crippen LogP contribution < -0.4 is 0 Å². The Morgan fingerprint density at radius 3 is 2.26 bits per heavy atom. The summed E-state index contributed by atoms with van der Waals surface area (Å²) in [5.74, 6) is -0.750. The lowest BCUT2D eigenvalue weighted by atomic mass is 10.1. The lowest BCUT2D eigenvalue weighted by molar-refractivity contribution is -0.137. The maximum absolute atomic E-state index is 10.3. The number of hydrogen-bond donors (Lipinski definition) is 2. The maximum Gasteiger partial charge on any atom is 0.303 e. The lowest BCUT2D eigenvalue weighted by Crippen LogP contribution is -2.02. The van der Waals surface area contributed by atoms with E-state index in [0.29, 0.717) is 19.3 Å². The molecule has 0 heterocycles. The van der Waals surface area contributed by atoms with E-state index >= 15 is 0 Å². The Labute approximate surface area is 143 Å². The van der Waals surface area contributed by atoms with Crippen molar-refractivity contribution >= 4 is 5.97 Å². The molecule has 2 N–H and O–H groups in total. The SMILES string of the molecule is [3H]C(C/C=C\C/C=C\C/C=C\CCCC(=O)O)=C([3H])C[C@H](O)CCC. The predicted octanol–water partition coefficient (Wildman–Crippen LogP) is 5.19. The standard InChI is InChI=1S/C20H32O3/c1-2-16-19(21)17-14-12-10-8-6-4-3-5-7-9-11-13-15-18-20(22)23/h3,5-6,8-9,11-12,14,19,21H,2,4,7,10,13,15-18H2,1H3,(H,22,23)/b5-3-,8-6-,11-9-,14-12?/t19-/m1/s1/i12T,14T. The number of hydrogen-bond acceptors (Lipinski definition) is 2. The van der Waals surface area contributed by atoms with Gasteiger partial charge in [0, 0.05) is 6.42 Å². The molecule has 0 fully saturated rings. The van der Waals surface area contributed by atoms with E-state index in [1.807, 2.05) is 43.4 Å². The Hall–Kier alpha value is -1.61. The number of aliphatic hydroxyl groups is 1. The highest BCUT2D eigenvalue weighted by Crippen LogP contribution is 2.02. The fourth-order valence-electron chi connectivity index (χ4n) is 1.87. The van der Waals surface area contributed by atoms with Crippen molar-refractivity contribution in [1.82, 2.24) is 0 Å². The van der Waals surface area contributed by atoms with Gasteiger partial charge in [0.15, 0.2) is 0 Å². The molecule has 0 unspecified atom stereocenters. The molecule has 0 saturated heterocycles. The minimum Gasteiger partial charge on any atom is -0.481 e. The van der Waals surface area contributed by atoms with Crippen LogP contribution in [-0.2, 0) is 4.79 Å². The van der Waals surface area contributed by atoms with Crippen LogP contribution in [0.4, 0.5) is 0 Å².